The van der Waals surface area contributed by atoms with E-state index in [1.165, 1.54) is 36.4 Å². The van der Waals surface area contributed by atoms with Crippen LogP contribution >= 0.6 is 11.3 Å². The average molecular weight is 361 g/mol. The van der Waals surface area contributed by atoms with Gasteiger partial charge in [-0.15, -0.1) is 11.3 Å². The van der Waals surface area contributed by atoms with Crippen LogP contribution in [0.25, 0.3) is 0 Å². The van der Waals surface area contributed by atoms with E-state index >= 15 is 0 Å². The van der Waals surface area contributed by atoms with Gasteiger partial charge in [-0.1, -0.05) is 12.1 Å². The number of nitrogen functional groups attached to an aromatic ring is 1. The molecule has 0 aliphatic carbocycles. The van der Waals surface area contributed by atoms with E-state index in [-0.39, 0.29) is 0 Å². The van der Waals surface area contributed by atoms with Crippen LogP contribution in [0, 0.1) is 5.92 Å². The van der Waals surface area contributed by atoms with Crippen LogP contribution < -0.4 is 15.8 Å². The summed E-state index contributed by atoms with van der Waals surface area (Å²) in [5.41, 5.74) is 8.27. The molecule has 1 saturated heterocycles. The van der Waals surface area contributed by atoms with E-state index < -0.39 is 0 Å². The second-order valence-electron chi connectivity index (χ2n) is 6.83. The summed E-state index contributed by atoms with van der Waals surface area (Å²) < 4.78 is 5.31. The number of nitrogens with two attached hydrogens (primary N) is 1. The van der Waals surface area contributed by atoms with Gasteiger partial charge in [0.1, 0.15) is 5.75 Å². The second kappa shape index (κ2) is 8.65. The van der Waals surface area contributed by atoms with E-state index in [0.717, 1.165) is 36.9 Å². The number of aromatic nitrogens is 1. The molecule has 2 aromatic rings. The molecule has 25 heavy (non-hydrogen) atoms. The van der Waals surface area contributed by atoms with Gasteiger partial charge in [0.15, 0.2) is 5.13 Å². The maximum absolute atomic E-state index is 5.97. The van der Waals surface area contributed by atoms with Gasteiger partial charge in [-0.05, 0) is 63.1 Å². The highest BCUT2D eigenvalue weighted by Gasteiger charge is 2.17. The number of thiazole rings is 1. The van der Waals surface area contributed by atoms with E-state index in [1.54, 1.807) is 18.4 Å². The molecule has 1 aromatic carbocycles. The molecule has 136 valence electrons. The third-order valence-electron chi connectivity index (χ3n) is 4.86. The molecular formula is C19H28N4OS. The van der Waals surface area contributed by atoms with Crippen LogP contribution in [0.1, 0.15) is 29.0 Å². The van der Waals surface area contributed by atoms with E-state index in [2.05, 4.69) is 34.4 Å². The highest BCUT2D eigenvalue weighted by atomic mass is 32.1. The molecule has 2 heterocycles. The molecule has 1 aromatic heterocycles. The molecule has 0 bridgehead atoms. The molecule has 1 fully saturated rings. The summed E-state index contributed by atoms with van der Waals surface area (Å²) >= 11 is 1.59. The molecule has 3 rings (SSSR count). The number of nitrogens with zero attached hydrogens (tertiary/aromatic N) is 2. The zero-order chi connectivity index (χ0) is 17.6. The summed E-state index contributed by atoms with van der Waals surface area (Å²) in [5, 5.41) is 4.24. The zero-order valence-corrected chi connectivity index (χ0v) is 15.9. The Hall–Kier alpha value is -1.63. The number of nitrogens with one attached hydrogen (secondary N) is 1. The van der Waals surface area contributed by atoms with Crippen LogP contribution in [0.2, 0.25) is 0 Å². The lowest BCUT2D eigenvalue weighted by molar-refractivity contribution is 0.216. The number of anilines is 1. The lowest BCUT2D eigenvalue weighted by atomic mass is 9.97. The molecule has 0 spiro atoms. The van der Waals surface area contributed by atoms with Crippen LogP contribution in [-0.2, 0) is 13.0 Å². The van der Waals surface area contributed by atoms with Crippen molar-refractivity contribution in [2.45, 2.75) is 25.8 Å². The predicted molar refractivity (Wildman–Crippen MR) is 104 cm³/mol. The Kier molecular flexibility index (Phi) is 6.29. The first kappa shape index (κ1) is 18.2. The summed E-state index contributed by atoms with van der Waals surface area (Å²) in [6, 6.07) is 8.19. The fourth-order valence-corrected chi connectivity index (χ4v) is 4.19. The third-order valence-corrected chi connectivity index (χ3v) is 5.78. The number of ether oxygens (including phenoxy) is 1. The number of hydrogen-bond donors (Lipinski definition) is 2. The first-order chi connectivity index (χ1) is 12.1. The fourth-order valence-electron chi connectivity index (χ4n) is 3.31. The van der Waals surface area contributed by atoms with Gasteiger partial charge in [-0.3, -0.25) is 0 Å². The van der Waals surface area contributed by atoms with Crippen LogP contribution in [0.4, 0.5) is 5.13 Å². The van der Waals surface area contributed by atoms with Crippen molar-refractivity contribution in [1.29, 1.82) is 0 Å². The normalized spacial score (nSPS) is 16.2. The van der Waals surface area contributed by atoms with Crippen LogP contribution in [0.5, 0.6) is 5.75 Å². The molecule has 0 amide bonds. The van der Waals surface area contributed by atoms with Crippen molar-refractivity contribution >= 4 is 16.5 Å². The Bertz CT molecular complexity index is 680. The lowest BCUT2D eigenvalue weighted by Gasteiger charge is -2.29. The molecule has 5 nitrogen and oxygen atoms in total. The molecule has 3 N–H and O–H groups in total. The van der Waals surface area contributed by atoms with Gasteiger partial charge >= 0.3 is 0 Å². The van der Waals surface area contributed by atoms with Gasteiger partial charge in [0, 0.05) is 17.8 Å². The maximum atomic E-state index is 5.97. The molecule has 1 aliphatic rings. The molecular weight excluding hydrogens is 332 g/mol. The maximum Gasteiger partial charge on any atom is 0.180 e. The van der Waals surface area contributed by atoms with Crippen molar-refractivity contribution in [3.8, 4) is 5.75 Å². The van der Waals surface area contributed by atoms with Gasteiger partial charge in [0.25, 0.3) is 0 Å². The minimum absolute atomic E-state index is 0.647. The van der Waals surface area contributed by atoms with Crippen molar-refractivity contribution in [3.63, 3.8) is 0 Å². The SMILES string of the molecule is COc1cccc(Cc2sc(N)nc2CNCC2CCN(C)CC2)c1. The minimum Gasteiger partial charge on any atom is -0.497 e. The predicted octanol–water partition coefficient (Wildman–Crippen LogP) is 2.76. The Morgan fingerprint density at radius 3 is 2.92 bits per heavy atom. The molecule has 0 unspecified atom stereocenters. The van der Waals surface area contributed by atoms with Crippen molar-refractivity contribution in [1.82, 2.24) is 15.2 Å². The monoisotopic (exact) mass is 360 g/mol. The first-order valence-corrected chi connectivity index (χ1v) is 9.72. The van der Waals surface area contributed by atoms with E-state index in [9.17, 15) is 0 Å². The number of benzene rings is 1. The summed E-state index contributed by atoms with van der Waals surface area (Å²) in [4.78, 5) is 8.18. The van der Waals surface area contributed by atoms with Crippen LogP contribution in [0.3, 0.4) is 0 Å². The number of methoxy groups -OCH3 is 1. The Morgan fingerprint density at radius 1 is 1.36 bits per heavy atom. The minimum atomic E-state index is 0.647. The zero-order valence-electron chi connectivity index (χ0n) is 15.1. The molecule has 1 aliphatic heterocycles. The quantitative estimate of drug-likeness (QED) is 0.795. The van der Waals surface area contributed by atoms with Crippen molar-refractivity contribution in [3.05, 3.63) is 40.4 Å². The van der Waals surface area contributed by atoms with Gasteiger partial charge in [0.05, 0.1) is 12.8 Å². The number of hydrogen-bond acceptors (Lipinski definition) is 6. The number of likely N-dealkylation sites (tertiary alicyclic amines) is 1. The van der Waals surface area contributed by atoms with Crippen LogP contribution in [0.15, 0.2) is 24.3 Å². The van der Waals surface area contributed by atoms with Crippen molar-refractivity contribution in [2.24, 2.45) is 5.92 Å². The smallest absolute Gasteiger partial charge is 0.180 e. The van der Waals surface area contributed by atoms with Gasteiger partial charge in [-0.25, -0.2) is 4.98 Å². The molecule has 0 atom stereocenters. The molecule has 6 heteroatoms. The number of piperidine rings is 1. The van der Waals surface area contributed by atoms with E-state index in [0.29, 0.717) is 5.13 Å². The summed E-state index contributed by atoms with van der Waals surface area (Å²) in [7, 11) is 3.90. The standard InChI is InChI=1S/C19H28N4OS/c1-23-8-6-14(7-9-23)12-21-13-17-18(25-19(20)22-17)11-15-4-3-5-16(10-15)24-2/h3-5,10,14,21H,6-9,11-13H2,1-2H3,(H2,20,22). The van der Waals surface area contributed by atoms with E-state index in [4.69, 9.17) is 10.5 Å². The Morgan fingerprint density at radius 2 is 2.16 bits per heavy atom. The largest absolute Gasteiger partial charge is 0.497 e. The second-order valence-corrected chi connectivity index (χ2v) is 7.94. The van der Waals surface area contributed by atoms with Gasteiger partial charge in [0.2, 0.25) is 0 Å². The summed E-state index contributed by atoms with van der Waals surface area (Å²) in [6.45, 7) is 4.26. The average Bonchev–Trinajstić information content (AvgIpc) is 2.96. The lowest BCUT2D eigenvalue weighted by Crippen LogP contribution is -2.34. The number of rotatable bonds is 7. The Labute approximate surface area is 154 Å². The fraction of sp³-hybridized carbons (Fsp3) is 0.526. The van der Waals surface area contributed by atoms with Crippen LogP contribution in [-0.4, -0.2) is 43.7 Å². The van der Waals surface area contributed by atoms with E-state index in [1.807, 2.05) is 12.1 Å². The summed E-state index contributed by atoms with van der Waals surface area (Å²) in [5.74, 6) is 1.66. The highest BCUT2D eigenvalue weighted by molar-refractivity contribution is 7.15. The highest BCUT2D eigenvalue weighted by Crippen LogP contribution is 2.25. The first-order valence-electron chi connectivity index (χ1n) is 8.90. The van der Waals surface area contributed by atoms with Gasteiger partial charge in [-0.2, -0.15) is 0 Å². The molecule has 0 radical (unpaired) electrons. The van der Waals surface area contributed by atoms with Gasteiger partial charge < -0.3 is 20.7 Å². The summed E-state index contributed by atoms with van der Waals surface area (Å²) in [6.07, 6.45) is 3.40. The molecule has 0 saturated carbocycles. The Balaban J connectivity index is 1.57. The van der Waals surface area contributed by atoms with Crippen molar-refractivity contribution in [2.75, 3.05) is 39.5 Å². The van der Waals surface area contributed by atoms with Crippen molar-refractivity contribution < 1.29 is 4.74 Å². The topological polar surface area (TPSA) is 63.4 Å². The third kappa shape index (κ3) is 5.17.